The van der Waals surface area contributed by atoms with E-state index in [4.69, 9.17) is 4.74 Å². The second kappa shape index (κ2) is 6.96. The molecule has 1 aromatic heterocycles. The van der Waals surface area contributed by atoms with Gasteiger partial charge in [0.2, 0.25) is 11.3 Å². The quantitative estimate of drug-likeness (QED) is 0.856. The average Bonchev–Trinajstić information content (AvgIpc) is 2.67. The third-order valence-corrected chi connectivity index (χ3v) is 5.35. The zero-order valence-electron chi connectivity index (χ0n) is 14.3. The maximum absolute atomic E-state index is 12.8. The van der Waals surface area contributed by atoms with E-state index in [1.807, 2.05) is 23.1 Å². The third kappa shape index (κ3) is 3.18. The molecule has 1 aliphatic carbocycles. The monoisotopic (exact) mass is 341 g/mol. The molecule has 0 radical (unpaired) electrons. The van der Waals surface area contributed by atoms with E-state index in [0.717, 1.165) is 18.4 Å². The number of nitrogens with zero attached hydrogens (tertiary/aromatic N) is 3. The number of aromatic nitrogens is 2. The van der Waals surface area contributed by atoms with Crippen molar-refractivity contribution in [1.82, 2.24) is 14.7 Å². The first kappa shape index (κ1) is 16.3. The van der Waals surface area contributed by atoms with Crippen LogP contribution in [-0.4, -0.2) is 45.9 Å². The standard InChI is InChI=1S/C19H23N3O3/c23-17-13-20-22(15-6-2-1-5-14(15)17)10-9-19(24)21-11-12-25-18-8-4-3-7-16(18)21/h1-2,5-6,13,16,18H,3-4,7-12H2/t16-,18-/m0/s1. The van der Waals surface area contributed by atoms with Crippen LogP contribution in [0.2, 0.25) is 0 Å². The van der Waals surface area contributed by atoms with E-state index in [2.05, 4.69) is 5.10 Å². The van der Waals surface area contributed by atoms with Crippen molar-refractivity contribution < 1.29 is 9.53 Å². The summed E-state index contributed by atoms with van der Waals surface area (Å²) in [6.07, 6.45) is 6.38. The first-order valence-corrected chi connectivity index (χ1v) is 9.10. The lowest BCUT2D eigenvalue weighted by Crippen LogP contribution is -2.54. The van der Waals surface area contributed by atoms with E-state index in [1.54, 1.807) is 10.7 Å². The van der Waals surface area contributed by atoms with Gasteiger partial charge in [-0.05, 0) is 25.0 Å². The van der Waals surface area contributed by atoms with E-state index in [0.29, 0.717) is 31.5 Å². The molecule has 4 rings (SSSR count). The molecule has 1 saturated heterocycles. The molecule has 2 aromatic rings. The number of ether oxygens (including phenoxy) is 1. The summed E-state index contributed by atoms with van der Waals surface area (Å²) < 4.78 is 7.61. The fourth-order valence-electron chi connectivity index (χ4n) is 4.09. The van der Waals surface area contributed by atoms with Crippen molar-refractivity contribution >= 4 is 16.8 Å². The summed E-state index contributed by atoms with van der Waals surface area (Å²) in [5.41, 5.74) is 0.691. The van der Waals surface area contributed by atoms with Crippen molar-refractivity contribution in [2.75, 3.05) is 13.2 Å². The van der Waals surface area contributed by atoms with Gasteiger partial charge in [0, 0.05) is 18.4 Å². The highest BCUT2D eigenvalue weighted by molar-refractivity contribution is 5.79. The fourth-order valence-corrected chi connectivity index (χ4v) is 4.09. The molecule has 2 aliphatic rings. The Bertz CT molecular complexity index is 830. The SMILES string of the molecule is O=C(CCn1ncc(=O)c2ccccc21)N1CCO[C@H]2CCCC[C@@H]21. The van der Waals surface area contributed by atoms with Gasteiger partial charge < -0.3 is 9.64 Å². The number of amides is 1. The first-order chi connectivity index (χ1) is 12.2. The number of fused-ring (bicyclic) bond motifs is 2. The number of rotatable bonds is 3. The minimum absolute atomic E-state index is 0.0867. The molecular weight excluding hydrogens is 318 g/mol. The second-order valence-corrected chi connectivity index (χ2v) is 6.85. The summed E-state index contributed by atoms with van der Waals surface area (Å²) in [5.74, 6) is 0.157. The zero-order valence-corrected chi connectivity index (χ0v) is 14.3. The molecule has 6 nitrogen and oxygen atoms in total. The molecule has 0 unspecified atom stereocenters. The number of carbonyl (C=O) groups is 1. The molecule has 1 saturated carbocycles. The van der Waals surface area contributed by atoms with E-state index < -0.39 is 0 Å². The van der Waals surface area contributed by atoms with Crippen LogP contribution in [-0.2, 0) is 16.1 Å². The molecule has 25 heavy (non-hydrogen) atoms. The zero-order chi connectivity index (χ0) is 17.2. The molecule has 132 valence electrons. The van der Waals surface area contributed by atoms with Crippen molar-refractivity contribution in [3.05, 3.63) is 40.7 Å². The molecule has 0 spiro atoms. The lowest BCUT2D eigenvalue weighted by atomic mass is 9.90. The highest BCUT2D eigenvalue weighted by atomic mass is 16.5. The van der Waals surface area contributed by atoms with Crippen LogP contribution in [0.15, 0.2) is 35.3 Å². The number of carbonyl (C=O) groups excluding carboxylic acids is 1. The molecular formula is C19H23N3O3. The molecule has 1 aromatic carbocycles. The average molecular weight is 341 g/mol. The van der Waals surface area contributed by atoms with Crippen LogP contribution in [0.1, 0.15) is 32.1 Å². The molecule has 0 N–H and O–H groups in total. The van der Waals surface area contributed by atoms with Crippen LogP contribution < -0.4 is 5.43 Å². The van der Waals surface area contributed by atoms with E-state index in [9.17, 15) is 9.59 Å². The Labute approximate surface area is 146 Å². The Morgan fingerprint density at radius 2 is 2.08 bits per heavy atom. The number of para-hydroxylation sites is 1. The van der Waals surface area contributed by atoms with Gasteiger partial charge in [0.25, 0.3) is 0 Å². The van der Waals surface area contributed by atoms with E-state index in [-0.39, 0.29) is 23.5 Å². The molecule has 2 heterocycles. The smallest absolute Gasteiger partial charge is 0.224 e. The van der Waals surface area contributed by atoms with Crippen LogP contribution in [0.3, 0.4) is 0 Å². The van der Waals surface area contributed by atoms with Gasteiger partial charge in [-0.25, -0.2) is 0 Å². The van der Waals surface area contributed by atoms with Gasteiger partial charge in [0.05, 0.1) is 37.0 Å². The van der Waals surface area contributed by atoms with Gasteiger partial charge in [0.1, 0.15) is 0 Å². The summed E-state index contributed by atoms with van der Waals surface area (Å²) in [7, 11) is 0. The minimum Gasteiger partial charge on any atom is -0.374 e. The maximum Gasteiger partial charge on any atom is 0.224 e. The minimum atomic E-state index is -0.0867. The highest BCUT2D eigenvalue weighted by Crippen LogP contribution is 2.28. The van der Waals surface area contributed by atoms with Crippen LogP contribution in [0, 0.1) is 0 Å². The Hall–Kier alpha value is -2.21. The first-order valence-electron chi connectivity index (χ1n) is 9.10. The highest BCUT2D eigenvalue weighted by Gasteiger charge is 2.36. The van der Waals surface area contributed by atoms with Gasteiger partial charge in [-0.3, -0.25) is 14.3 Å². The predicted octanol–water partition coefficient (Wildman–Crippen LogP) is 1.96. The Morgan fingerprint density at radius 1 is 1.24 bits per heavy atom. The van der Waals surface area contributed by atoms with Crippen molar-refractivity contribution in [1.29, 1.82) is 0 Å². The maximum atomic E-state index is 12.8. The topological polar surface area (TPSA) is 64.4 Å². The third-order valence-electron chi connectivity index (χ3n) is 5.35. The Balaban J connectivity index is 1.49. The summed E-state index contributed by atoms with van der Waals surface area (Å²) in [5, 5.41) is 4.86. The number of morpholine rings is 1. The number of aryl methyl sites for hydroxylation is 1. The molecule has 2 atom stereocenters. The van der Waals surface area contributed by atoms with Crippen molar-refractivity contribution in [3.8, 4) is 0 Å². The van der Waals surface area contributed by atoms with Crippen molar-refractivity contribution in [3.63, 3.8) is 0 Å². The van der Waals surface area contributed by atoms with Crippen LogP contribution in [0.25, 0.3) is 10.9 Å². The van der Waals surface area contributed by atoms with Crippen molar-refractivity contribution in [2.45, 2.75) is 50.8 Å². The van der Waals surface area contributed by atoms with Crippen LogP contribution >= 0.6 is 0 Å². The Kier molecular flexibility index (Phi) is 4.53. The van der Waals surface area contributed by atoms with Gasteiger partial charge in [-0.1, -0.05) is 25.0 Å². The predicted molar refractivity (Wildman–Crippen MR) is 94.3 cm³/mol. The lowest BCUT2D eigenvalue weighted by molar-refractivity contribution is -0.149. The van der Waals surface area contributed by atoms with E-state index in [1.165, 1.54) is 19.0 Å². The summed E-state index contributed by atoms with van der Waals surface area (Å²) in [4.78, 5) is 26.7. The van der Waals surface area contributed by atoms with Crippen molar-refractivity contribution in [2.24, 2.45) is 0 Å². The van der Waals surface area contributed by atoms with E-state index >= 15 is 0 Å². The normalized spacial score (nSPS) is 23.4. The van der Waals surface area contributed by atoms with Crippen LogP contribution in [0.5, 0.6) is 0 Å². The van der Waals surface area contributed by atoms with Gasteiger partial charge in [0.15, 0.2) is 0 Å². The molecule has 1 amide bonds. The van der Waals surface area contributed by atoms with Gasteiger partial charge in [-0.15, -0.1) is 0 Å². The Morgan fingerprint density at radius 3 is 3.00 bits per heavy atom. The summed E-state index contributed by atoms with van der Waals surface area (Å²) in [6.45, 7) is 1.79. The largest absolute Gasteiger partial charge is 0.374 e. The fraction of sp³-hybridized carbons (Fsp3) is 0.526. The lowest BCUT2D eigenvalue weighted by Gasteiger charge is -2.43. The number of hydrogen-bond donors (Lipinski definition) is 0. The number of hydrogen-bond acceptors (Lipinski definition) is 4. The van der Waals surface area contributed by atoms with Gasteiger partial charge >= 0.3 is 0 Å². The molecule has 2 fully saturated rings. The second-order valence-electron chi connectivity index (χ2n) is 6.85. The summed E-state index contributed by atoms with van der Waals surface area (Å²) in [6, 6.07) is 7.63. The number of benzene rings is 1. The summed E-state index contributed by atoms with van der Waals surface area (Å²) >= 11 is 0. The molecule has 0 bridgehead atoms. The van der Waals surface area contributed by atoms with Gasteiger partial charge in [-0.2, -0.15) is 5.10 Å². The molecule has 6 heteroatoms. The van der Waals surface area contributed by atoms with Crippen LogP contribution in [0.4, 0.5) is 0 Å². The molecule has 1 aliphatic heterocycles.